The minimum Gasteiger partial charge on any atom is -0.493 e. The van der Waals surface area contributed by atoms with Crippen LogP contribution in [0.25, 0.3) is 0 Å². The number of rotatable bonds is 5. The van der Waals surface area contributed by atoms with Gasteiger partial charge in [-0.3, -0.25) is 5.10 Å². The zero-order chi connectivity index (χ0) is 13.8. The SMILES string of the molecule is Fc1cccc(OCCc2cc([C@H]3CCNC3)n[nH]2)c1. The van der Waals surface area contributed by atoms with E-state index in [0.717, 1.165) is 37.3 Å². The number of ether oxygens (including phenoxy) is 1. The van der Waals surface area contributed by atoms with E-state index >= 15 is 0 Å². The lowest BCUT2D eigenvalue weighted by Gasteiger charge is -2.04. The van der Waals surface area contributed by atoms with Gasteiger partial charge in [0.15, 0.2) is 0 Å². The van der Waals surface area contributed by atoms with Crippen molar-refractivity contribution in [2.24, 2.45) is 0 Å². The molecule has 1 fully saturated rings. The first-order valence-corrected chi connectivity index (χ1v) is 6.94. The average Bonchev–Trinajstić information content (AvgIpc) is 3.09. The predicted octanol–water partition coefficient (Wildman–Crippen LogP) is 2.25. The Kier molecular flexibility index (Phi) is 3.97. The number of aromatic nitrogens is 2. The fourth-order valence-electron chi connectivity index (χ4n) is 2.46. The smallest absolute Gasteiger partial charge is 0.126 e. The third-order valence-corrected chi connectivity index (χ3v) is 3.57. The summed E-state index contributed by atoms with van der Waals surface area (Å²) in [7, 11) is 0. The summed E-state index contributed by atoms with van der Waals surface area (Å²) < 4.78 is 18.5. The van der Waals surface area contributed by atoms with Crippen LogP contribution >= 0.6 is 0 Å². The van der Waals surface area contributed by atoms with Gasteiger partial charge in [0.1, 0.15) is 11.6 Å². The first-order valence-electron chi connectivity index (χ1n) is 6.94. The molecular formula is C15H18FN3O. The van der Waals surface area contributed by atoms with Crippen molar-refractivity contribution < 1.29 is 9.13 Å². The predicted molar refractivity (Wildman–Crippen MR) is 74.4 cm³/mol. The van der Waals surface area contributed by atoms with Crippen LogP contribution in [0.2, 0.25) is 0 Å². The van der Waals surface area contributed by atoms with Gasteiger partial charge in [0.2, 0.25) is 0 Å². The Hall–Kier alpha value is -1.88. The second-order valence-electron chi connectivity index (χ2n) is 5.06. The molecule has 1 aliphatic heterocycles. The summed E-state index contributed by atoms with van der Waals surface area (Å²) in [6.07, 6.45) is 1.88. The number of benzene rings is 1. The highest BCUT2D eigenvalue weighted by Crippen LogP contribution is 2.21. The van der Waals surface area contributed by atoms with Gasteiger partial charge in [-0.05, 0) is 31.2 Å². The Bertz CT molecular complexity index is 564. The molecule has 0 spiro atoms. The Morgan fingerprint density at radius 1 is 1.35 bits per heavy atom. The summed E-state index contributed by atoms with van der Waals surface area (Å²) >= 11 is 0. The molecule has 3 rings (SSSR count). The largest absolute Gasteiger partial charge is 0.493 e. The van der Waals surface area contributed by atoms with Crippen LogP contribution < -0.4 is 10.1 Å². The van der Waals surface area contributed by atoms with Crippen molar-refractivity contribution in [2.75, 3.05) is 19.7 Å². The minimum absolute atomic E-state index is 0.278. The molecule has 1 aromatic carbocycles. The topological polar surface area (TPSA) is 49.9 Å². The Labute approximate surface area is 117 Å². The summed E-state index contributed by atoms with van der Waals surface area (Å²) in [6, 6.07) is 8.30. The van der Waals surface area contributed by atoms with E-state index in [4.69, 9.17) is 4.74 Å². The van der Waals surface area contributed by atoms with Crippen LogP contribution in [0, 0.1) is 5.82 Å². The van der Waals surface area contributed by atoms with Crippen LogP contribution in [0.1, 0.15) is 23.7 Å². The van der Waals surface area contributed by atoms with Gasteiger partial charge >= 0.3 is 0 Å². The first-order chi connectivity index (χ1) is 9.81. The fourth-order valence-corrected chi connectivity index (χ4v) is 2.46. The van der Waals surface area contributed by atoms with E-state index in [1.54, 1.807) is 12.1 Å². The molecule has 1 aliphatic rings. The van der Waals surface area contributed by atoms with E-state index in [1.807, 2.05) is 0 Å². The van der Waals surface area contributed by atoms with Crippen molar-refractivity contribution in [1.29, 1.82) is 0 Å². The van der Waals surface area contributed by atoms with Crippen molar-refractivity contribution >= 4 is 0 Å². The molecule has 0 bridgehead atoms. The molecule has 1 atom stereocenters. The maximum absolute atomic E-state index is 13.0. The van der Waals surface area contributed by atoms with Gasteiger partial charge in [0.05, 0.1) is 12.3 Å². The molecule has 2 N–H and O–H groups in total. The highest BCUT2D eigenvalue weighted by Gasteiger charge is 2.19. The van der Waals surface area contributed by atoms with E-state index in [9.17, 15) is 4.39 Å². The Morgan fingerprint density at radius 3 is 3.10 bits per heavy atom. The van der Waals surface area contributed by atoms with Crippen molar-refractivity contribution in [3.05, 3.63) is 47.5 Å². The average molecular weight is 275 g/mol. The van der Waals surface area contributed by atoms with Gasteiger partial charge in [-0.2, -0.15) is 5.10 Å². The second kappa shape index (κ2) is 6.05. The number of hydrogen-bond acceptors (Lipinski definition) is 3. The number of H-pyrrole nitrogens is 1. The van der Waals surface area contributed by atoms with Crippen LogP contribution in [0.15, 0.2) is 30.3 Å². The molecule has 2 heterocycles. The molecule has 0 amide bonds. The maximum Gasteiger partial charge on any atom is 0.126 e. The molecule has 0 radical (unpaired) electrons. The molecular weight excluding hydrogens is 257 g/mol. The monoisotopic (exact) mass is 275 g/mol. The Morgan fingerprint density at radius 2 is 2.30 bits per heavy atom. The molecule has 0 unspecified atom stereocenters. The van der Waals surface area contributed by atoms with Gasteiger partial charge in [-0.1, -0.05) is 6.07 Å². The normalized spacial score (nSPS) is 18.4. The van der Waals surface area contributed by atoms with E-state index < -0.39 is 0 Å². The van der Waals surface area contributed by atoms with E-state index in [0.29, 0.717) is 18.3 Å². The van der Waals surface area contributed by atoms with Crippen molar-refractivity contribution in [3.63, 3.8) is 0 Å². The molecule has 4 nitrogen and oxygen atoms in total. The molecule has 1 saturated heterocycles. The molecule has 5 heteroatoms. The maximum atomic E-state index is 13.0. The minimum atomic E-state index is -0.278. The van der Waals surface area contributed by atoms with Gasteiger partial charge in [0, 0.05) is 30.6 Å². The van der Waals surface area contributed by atoms with Gasteiger partial charge in [-0.15, -0.1) is 0 Å². The standard InChI is InChI=1S/C15H18FN3O/c16-12-2-1-3-14(8-12)20-7-5-13-9-15(19-18-13)11-4-6-17-10-11/h1-3,8-9,11,17H,4-7,10H2,(H,18,19)/t11-/m0/s1. The summed E-state index contributed by atoms with van der Waals surface area (Å²) in [5.74, 6) is 0.800. The highest BCUT2D eigenvalue weighted by atomic mass is 19.1. The highest BCUT2D eigenvalue weighted by molar-refractivity contribution is 5.22. The van der Waals surface area contributed by atoms with Gasteiger partial charge in [0.25, 0.3) is 0 Å². The number of hydrogen-bond donors (Lipinski definition) is 2. The van der Waals surface area contributed by atoms with Gasteiger partial charge in [-0.25, -0.2) is 4.39 Å². The number of aromatic amines is 1. The quantitative estimate of drug-likeness (QED) is 0.880. The molecule has 0 aliphatic carbocycles. The number of halogens is 1. The Balaban J connectivity index is 1.51. The number of nitrogens with one attached hydrogen (secondary N) is 2. The zero-order valence-electron chi connectivity index (χ0n) is 11.2. The molecule has 0 saturated carbocycles. The van der Waals surface area contributed by atoms with E-state index in [1.165, 1.54) is 12.1 Å². The van der Waals surface area contributed by atoms with Gasteiger partial charge < -0.3 is 10.1 Å². The van der Waals surface area contributed by atoms with Crippen molar-refractivity contribution in [3.8, 4) is 5.75 Å². The molecule has 106 valence electrons. The van der Waals surface area contributed by atoms with Crippen LogP contribution in [0.5, 0.6) is 5.75 Å². The lowest BCUT2D eigenvalue weighted by atomic mass is 10.0. The lowest BCUT2D eigenvalue weighted by Crippen LogP contribution is -2.08. The van der Waals surface area contributed by atoms with Crippen molar-refractivity contribution in [1.82, 2.24) is 15.5 Å². The third-order valence-electron chi connectivity index (χ3n) is 3.57. The van der Waals surface area contributed by atoms with E-state index in [2.05, 4.69) is 21.6 Å². The molecule has 2 aromatic rings. The number of nitrogens with zero attached hydrogens (tertiary/aromatic N) is 1. The van der Waals surface area contributed by atoms with Crippen molar-refractivity contribution in [2.45, 2.75) is 18.8 Å². The van der Waals surface area contributed by atoms with Crippen LogP contribution in [0.4, 0.5) is 4.39 Å². The summed E-state index contributed by atoms with van der Waals surface area (Å²) in [5, 5.41) is 10.7. The summed E-state index contributed by atoms with van der Waals surface area (Å²) in [5.41, 5.74) is 2.18. The van der Waals surface area contributed by atoms with Crippen LogP contribution in [0.3, 0.4) is 0 Å². The third kappa shape index (κ3) is 3.17. The first kappa shape index (κ1) is 13.1. The molecule has 1 aromatic heterocycles. The second-order valence-corrected chi connectivity index (χ2v) is 5.06. The zero-order valence-corrected chi connectivity index (χ0v) is 11.2. The lowest BCUT2D eigenvalue weighted by molar-refractivity contribution is 0.319. The van der Waals surface area contributed by atoms with Crippen LogP contribution in [-0.2, 0) is 6.42 Å². The van der Waals surface area contributed by atoms with E-state index in [-0.39, 0.29) is 5.82 Å². The molecule has 20 heavy (non-hydrogen) atoms. The summed E-state index contributed by atoms with van der Waals surface area (Å²) in [6.45, 7) is 2.58. The fraction of sp³-hybridized carbons (Fsp3) is 0.400. The summed E-state index contributed by atoms with van der Waals surface area (Å²) in [4.78, 5) is 0. The van der Waals surface area contributed by atoms with Crippen LogP contribution in [-0.4, -0.2) is 29.9 Å².